The summed E-state index contributed by atoms with van der Waals surface area (Å²) in [6.45, 7) is 15.1. The monoisotopic (exact) mass is 268 g/mol. The SMILES string of the molecule is CC1C(C)N(CN2C(C)C(C)N(C)C2C)C(C)N1C. The van der Waals surface area contributed by atoms with Crippen molar-refractivity contribution in [2.75, 3.05) is 20.8 Å². The first-order chi connectivity index (χ1) is 8.77. The van der Waals surface area contributed by atoms with Gasteiger partial charge in [-0.3, -0.25) is 19.6 Å². The topological polar surface area (TPSA) is 13.0 Å². The molecule has 2 heterocycles. The standard InChI is InChI=1S/C15H32N4/c1-10-12(3)18(14(5)16(10)7)9-19-13(4)11(2)17(8)15(19)6/h10-15H,9H2,1-8H3. The number of nitrogens with zero attached hydrogens (tertiary/aromatic N) is 4. The van der Waals surface area contributed by atoms with Gasteiger partial charge in [-0.2, -0.15) is 0 Å². The Morgan fingerprint density at radius 1 is 0.579 bits per heavy atom. The molecule has 0 amide bonds. The van der Waals surface area contributed by atoms with Gasteiger partial charge < -0.3 is 0 Å². The van der Waals surface area contributed by atoms with Crippen molar-refractivity contribution in [3.8, 4) is 0 Å². The molecule has 4 nitrogen and oxygen atoms in total. The van der Waals surface area contributed by atoms with Crippen LogP contribution in [-0.2, 0) is 0 Å². The molecular weight excluding hydrogens is 236 g/mol. The summed E-state index contributed by atoms with van der Waals surface area (Å²) in [5.74, 6) is 0. The van der Waals surface area contributed by atoms with Gasteiger partial charge in [-0.05, 0) is 55.6 Å². The van der Waals surface area contributed by atoms with Crippen LogP contribution in [0.4, 0.5) is 0 Å². The summed E-state index contributed by atoms with van der Waals surface area (Å²) in [6, 6.07) is 2.53. The Bertz CT molecular complexity index is 263. The average molecular weight is 268 g/mol. The van der Waals surface area contributed by atoms with Crippen LogP contribution in [0, 0.1) is 0 Å². The second-order valence-electron chi connectivity index (χ2n) is 6.73. The van der Waals surface area contributed by atoms with Gasteiger partial charge in [-0.15, -0.1) is 0 Å². The summed E-state index contributed by atoms with van der Waals surface area (Å²) in [4.78, 5) is 10.3. The molecule has 0 bridgehead atoms. The molecule has 4 heteroatoms. The predicted octanol–water partition coefficient (Wildman–Crippen LogP) is 1.68. The van der Waals surface area contributed by atoms with Gasteiger partial charge >= 0.3 is 0 Å². The van der Waals surface area contributed by atoms with E-state index in [4.69, 9.17) is 0 Å². The first kappa shape index (κ1) is 15.2. The van der Waals surface area contributed by atoms with Crippen LogP contribution < -0.4 is 0 Å². The molecule has 2 saturated heterocycles. The highest BCUT2D eigenvalue weighted by Crippen LogP contribution is 2.29. The maximum atomic E-state index is 2.64. The van der Waals surface area contributed by atoms with Crippen LogP contribution in [0.15, 0.2) is 0 Å². The Kier molecular flexibility index (Phi) is 4.26. The number of rotatable bonds is 2. The third-order valence-corrected chi connectivity index (χ3v) is 6.19. The van der Waals surface area contributed by atoms with Crippen LogP contribution >= 0.6 is 0 Å². The van der Waals surface area contributed by atoms with Crippen molar-refractivity contribution in [2.45, 2.75) is 78.0 Å². The second-order valence-corrected chi connectivity index (χ2v) is 6.73. The van der Waals surface area contributed by atoms with E-state index in [0.29, 0.717) is 36.5 Å². The van der Waals surface area contributed by atoms with E-state index in [9.17, 15) is 0 Å². The molecule has 112 valence electrons. The van der Waals surface area contributed by atoms with Gasteiger partial charge in [0, 0.05) is 24.2 Å². The van der Waals surface area contributed by atoms with Gasteiger partial charge in [0.15, 0.2) is 0 Å². The van der Waals surface area contributed by atoms with E-state index in [2.05, 4.69) is 75.2 Å². The van der Waals surface area contributed by atoms with E-state index in [1.54, 1.807) is 0 Å². The smallest absolute Gasteiger partial charge is 0.0608 e. The van der Waals surface area contributed by atoms with Gasteiger partial charge in [0.25, 0.3) is 0 Å². The fraction of sp³-hybridized carbons (Fsp3) is 1.00. The maximum absolute atomic E-state index is 2.64. The molecule has 0 aromatic heterocycles. The van der Waals surface area contributed by atoms with E-state index < -0.39 is 0 Å². The zero-order valence-electron chi connectivity index (χ0n) is 14.0. The van der Waals surface area contributed by atoms with Crippen LogP contribution in [0.5, 0.6) is 0 Å². The molecule has 0 aromatic carbocycles. The van der Waals surface area contributed by atoms with Crippen LogP contribution in [0.2, 0.25) is 0 Å². The lowest BCUT2D eigenvalue weighted by Gasteiger charge is -2.35. The lowest BCUT2D eigenvalue weighted by Crippen LogP contribution is -2.49. The Balaban J connectivity index is 2.09. The highest BCUT2D eigenvalue weighted by molar-refractivity contribution is 4.95. The molecule has 6 unspecified atom stereocenters. The molecule has 2 aliphatic rings. The molecule has 0 N–H and O–H groups in total. The highest BCUT2D eigenvalue weighted by atomic mass is 15.5. The third-order valence-electron chi connectivity index (χ3n) is 6.19. The van der Waals surface area contributed by atoms with Crippen LogP contribution in [-0.4, -0.2) is 76.9 Å². The summed E-state index contributed by atoms with van der Waals surface area (Å²) < 4.78 is 0. The Morgan fingerprint density at radius 3 is 1.11 bits per heavy atom. The maximum Gasteiger partial charge on any atom is 0.0608 e. The van der Waals surface area contributed by atoms with Crippen molar-refractivity contribution >= 4 is 0 Å². The Morgan fingerprint density at radius 2 is 0.895 bits per heavy atom. The number of likely N-dealkylation sites (N-methyl/N-ethyl adjacent to an activating group) is 2. The zero-order chi connectivity index (χ0) is 14.5. The van der Waals surface area contributed by atoms with Crippen molar-refractivity contribution in [3.63, 3.8) is 0 Å². The van der Waals surface area contributed by atoms with E-state index in [0.717, 1.165) is 6.67 Å². The fourth-order valence-corrected chi connectivity index (χ4v) is 3.75. The Labute approximate surface area is 119 Å². The summed E-state index contributed by atoms with van der Waals surface area (Å²) >= 11 is 0. The van der Waals surface area contributed by atoms with E-state index in [-0.39, 0.29) is 0 Å². The van der Waals surface area contributed by atoms with Crippen LogP contribution in [0.3, 0.4) is 0 Å². The van der Waals surface area contributed by atoms with Crippen LogP contribution in [0.25, 0.3) is 0 Å². The van der Waals surface area contributed by atoms with Crippen molar-refractivity contribution < 1.29 is 0 Å². The Hall–Kier alpha value is -0.160. The van der Waals surface area contributed by atoms with Gasteiger partial charge in [-0.1, -0.05) is 0 Å². The van der Waals surface area contributed by atoms with Gasteiger partial charge in [0.2, 0.25) is 0 Å². The molecule has 0 spiro atoms. The first-order valence-electron chi connectivity index (χ1n) is 7.72. The molecule has 0 radical (unpaired) electrons. The van der Waals surface area contributed by atoms with Crippen molar-refractivity contribution in [3.05, 3.63) is 0 Å². The normalized spacial score (nSPS) is 47.4. The summed E-state index contributed by atoms with van der Waals surface area (Å²) in [5, 5.41) is 0. The van der Waals surface area contributed by atoms with Gasteiger partial charge in [0.05, 0.1) is 19.0 Å². The lowest BCUT2D eigenvalue weighted by molar-refractivity contribution is 0.0383. The van der Waals surface area contributed by atoms with Crippen molar-refractivity contribution in [2.24, 2.45) is 0 Å². The third kappa shape index (κ3) is 2.33. The lowest BCUT2D eigenvalue weighted by atomic mass is 10.1. The number of hydrogen-bond acceptors (Lipinski definition) is 4. The highest BCUT2D eigenvalue weighted by Gasteiger charge is 2.43. The average Bonchev–Trinajstić information content (AvgIpc) is 2.68. The van der Waals surface area contributed by atoms with E-state index in [1.807, 2.05) is 0 Å². The summed E-state index contributed by atoms with van der Waals surface area (Å²) in [6.07, 6.45) is 1.07. The molecule has 2 aliphatic heterocycles. The van der Waals surface area contributed by atoms with Gasteiger partial charge in [-0.25, -0.2) is 0 Å². The van der Waals surface area contributed by atoms with E-state index in [1.165, 1.54) is 0 Å². The molecule has 6 atom stereocenters. The summed E-state index contributed by atoms with van der Waals surface area (Å²) in [7, 11) is 4.49. The molecule has 2 rings (SSSR count). The molecule has 0 saturated carbocycles. The minimum atomic E-state index is 0.533. The van der Waals surface area contributed by atoms with E-state index >= 15 is 0 Å². The van der Waals surface area contributed by atoms with Crippen molar-refractivity contribution in [1.82, 2.24) is 19.6 Å². The van der Waals surface area contributed by atoms with Crippen molar-refractivity contribution in [1.29, 1.82) is 0 Å². The number of hydrogen-bond donors (Lipinski definition) is 0. The minimum absolute atomic E-state index is 0.533. The minimum Gasteiger partial charge on any atom is -0.287 e. The molecule has 0 aliphatic carbocycles. The quantitative estimate of drug-likeness (QED) is 0.755. The fourth-order valence-electron chi connectivity index (χ4n) is 3.75. The largest absolute Gasteiger partial charge is 0.287 e. The molecule has 2 fully saturated rings. The second kappa shape index (κ2) is 5.32. The first-order valence-corrected chi connectivity index (χ1v) is 7.72. The predicted molar refractivity (Wildman–Crippen MR) is 80.8 cm³/mol. The zero-order valence-corrected chi connectivity index (χ0v) is 14.0. The van der Waals surface area contributed by atoms with Crippen LogP contribution in [0.1, 0.15) is 41.5 Å². The molecular formula is C15H32N4. The molecule has 0 aromatic rings. The summed E-state index contributed by atoms with van der Waals surface area (Å²) in [5.41, 5.74) is 0. The molecule has 19 heavy (non-hydrogen) atoms. The van der Waals surface area contributed by atoms with Gasteiger partial charge in [0.1, 0.15) is 0 Å².